The Bertz CT molecular complexity index is 1460. The molecular weight excluding hydrogens is 565 g/mol. The maximum absolute atomic E-state index is 14.3. The van der Waals surface area contributed by atoms with E-state index in [-0.39, 0.29) is 16.6 Å². The number of pyridine rings is 1. The Balaban J connectivity index is 1.39. The van der Waals surface area contributed by atoms with E-state index >= 15 is 0 Å². The van der Waals surface area contributed by atoms with Gasteiger partial charge in [0.1, 0.15) is 17.1 Å². The van der Waals surface area contributed by atoms with Gasteiger partial charge in [-0.15, -0.1) is 0 Å². The molecule has 2 fully saturated rings. The second kappa shape index (κ2) is 9.92. The van der Waals surface area contributed by atoms with Crippen molar-refractivity contribution in [3.8, 4) is 0 Å². The number of nitrogens with one attached hydrogen (secondary N) is 1. The molecule has 1 spiro atoms. The van der Waals surface area contributed by atoms with Gasteiger partial charge >= 0.3 is 15.2 Å². The fraction of sp³-hybridized carbons (Fsp3) is 0.455. The number of hydrogen-bond donors (Lipinski definition) is 5. The summed E-state index contributed by atoms with van der Waals surface area (Å²) in [6.07, 6.45) is -0.339. The van der Waals surface area contributed by atoms with Gasteiger partial charge in [0.2, 0.25) is 0 Å². The van der Waals surface area contributed by atoms with Gasteiger partial charge in [-0.05, 0) is 31.9 Å². The number of rotatable bonds is 9. The predicted molar refractivity (Wildman–Crippen MR) is 135 cm³/mol. The monoisotopic (exact) mass is 590 g/mol. The molecule has 2 aromatic heterocycles. The smallest absolute Gasteiger partial charge is 0.340 e. The van der Waals surface area contributed by atoms with Gasteiger partial charge in [0.25, 0.3) is 0 Å². The van der Waals surface area contributed by atoms with E-state index < -0.39 is 57.6 Å². The van der Waals surface area contributed by atoms with E-state index in [2.05, 4.69) is 15.4 Å². The molecule has 1 aromatic carbocycles. The zero-order chi connectivity index (χ0) is 27.5. The molecule has 38 heavy (non-hydrogen) atoms. The molecule has 206 valence electrons. The molecule has 5 N–H and O–H groups in total. The number of nitrogens with zero attached hydrogens (tertiary/aromatic N) is 3. The van der Waals surface area contributed by atoms with Gasteiger partial charge in [0.05, 0.1) is 36.0 Å². The lowest BCUT2D eigenvalue weighted by Gasteiger charge is -2.20. The first kappa shape index (κ1) is 27.6. The van der Waals surface area contributed by atoms with Gasteiger partial charge in [-0.3, -0.25) is 9.13 Å². The number of hydrogen-bond acceptors (Lipinski definition) is 8. The standard InChI is InChI=1S/C22H26ClFN4O8P2/c1-12(13-4-2-3-5-15(13)24)26-16-8-18(23)27-20-14(16)9-25-28(20)21-19(29)22(6-7-22)17(36-21)10-35-38(33,34)11-37(30,31)32/h2-5,8-9,12,17,19,21,29H,6-7,10-11H2,1H3,(H,26,27)(H,33,34)(H2,30,31,32)/t12-,17+,19-,21+/m0/s1. The van der Waals surface area contributed by atoms with Crippen molar-refractivity contribution in [3.05, 3.63) is 53.1 Å². The molecule has 12 nitrogen and oxygen atoms in total. The molecule has 3 heterocycles. The summed E-state index contributed by atoms with van der Waals surface area (Å²) in [5.41, 5.74) is 0.504. The molecule has 5 rings (SSSR count). The van der Waals surface area contributed by atoms with Crippen molar-refractivity contribution in [3.63, 3.8) is 0 Å². The second-order valence-corrected chi connectivity index (χ2v) is 14.0. The first-order chi connectivity index (χ1) is 17.8. The summed E-state index contributed by atoms with van der Waals surface area (Å²) in [7, 11) is -9.39. The normalized spacial score (nSPS) is 25.0. The Labute approximate surface area is 221 Å². The molecule has 0 bridgehead atoms. The van der Waals surface area contributed by atoms with Crippen LogP contribution in [0.1, 0.15) is 37.6 Å². The number of aliphatic hydroxyl groups is 1. The number of benzene rings is 1. The molecule has 0 radical (unpaired) electrons. The highest BCUT2D eigenvalue weighted by molar-refractivity contribution is 7.70. The Kier molecular flexibility index (Phi) is 7.22. The topological polar surface area (TPSA) is 176 Å². The van der Waals surface area contributed by atoms with Crippen LogP contribution in [0.4, 0.5) is 10.1 Å². The van der Waals surface area contributed by atoms with E-state index in [9.17, 15) is 23.5 Å². The minimum Gasteiger partial charge on any atom is -0.388 e. The summed E-state index contributed by atoms with van der Waals surface area (Å²) < 4.78 is 49.9. The lowest BCUT2D eigenvalue weighted by atomic mass is 9.95. The fourth-order valence-corrected chi connectivity index (χ4v) is 7.65. The molecule has 1 saturated carbocycles. The maximum Gasteiger partial charge on any atom is 0.340 e. The van der Waals surface area contributed by atoms with E-state index in [1.807, 2.05) is 0 Å². The first-order valence-electron chi connectivity index (χ1n) is 11.7. The van der Waals surface area contributed by atoms with E-state index in [0.29, 0.717) is 29.5 Å². The van der Waals surface area contributed by atoms with Gasteiger partial charge in [-0.2, -0.15) is 5.10 Å². The average Bonchev–Trinajstić information content (AvgIpc) is 3.44. The van der Waals surface area contributed by atoms with Crippen molar-refractivity contribution >= 4 is 43.5 Å². The van der Waals surface area contributed by atoms with Crippen LogP contribution in [0.2, 0.25) is 5.15 Å². The highest BCUT2D eigenvalue weighted by Gasteiger charge is 2.64. The zero-order valence-corrected chi connectivity index (χ0v) is 22.6. The summed E-state index contributed by atoms with van der Waals surface area (Å²) >= 11 is 6.29. The van der Waals surface area contributed by atoms with Crippen molar-refractivity contribution in [1.82, 2.24) is 14.8 Å². The van der Waals surface area contributed by atoms with Crippen LogP contribution in [0.3, 0.4) is 0 Å². The molecule has 3 aromatic rings. The van der Waals surface area contributed by atoms with Gasteiger partial charge in [0.15, 0.2) is 17.8 Å². The van der Waals surface area contributed by atoms with E-state index in [1.165, 1.54) is 16.9 Å². The van der Waals surface area contributed by atoms with Gasteiger partial charge in [-0.25, -0.2) is 14.1 Å². The molecule has 16 heteroatoms. The van der Waals surface area contributed by atoms with Crippen molar-refractivity contribution in [2.75, 3.05) is 17.8 Å². The molecule has 1 saturated heterocycles. The lowest BCUT2D eigenvalue weighted by Crippen LogP contribution is -2.30. The van der Waals surface area contributed by atoms with Crippen LogP contribution in [0.25, 0.3) is 11.0 Å². The van der Waals surface area contributed by atoms with Crippen LogP contribution in [0, 0.1) is 11.2 Å². The molecule has 1 aliphatic heterocycles. The minimum absolute atomic E-state index is 0.120. The van der Waals surface area contributed by atoms with Gasteiger partial charge in [0, 0.05) is 11.0 Å². The molecular formula is C22H26ClFN4O8P2. The average molecular weight is 591 g/mol. The van der Waals surface area contributed by atoms with Crippen molar-refractivity contribution in [2.24, 2.45) is 5.41 Å². The van der Waals surface area contributed by atoms with E-state index in [1.54, 1.807) is 31.2 Å². The van der Waals surface area contributed by atoms with Crippen molar-refractivity contribution in [2.45, 2.75) is 44.2 Å². The summed E-state index contributed by atoms with van der Waals surface area (Å²) in [5.74, 6) is -1.68. The summed E-state index contributed by atoms with van der Waals surface area (Å²) in [6, 6.07) is 7.53. The van der Waals surface area contributed by atoms with Crippen molar-refractivity contribution in [1.29, 1.82) is 0 Å². The first-order valence-corrected chi connectivity index (χ1v) is 15.6. The number of aromatic nitrogens is 3. The van der Waals surface area contributed by atoms with Crippen LogP contribution in [0.5, 0.6) is 0 Å². The number of aliphatic hydroxyl groups excluding tert-OH is 1. The Morgan fingerprint density at radius 3 is 2.68 bits per heavy atom. The fourth-order valence-electron chi connectivity index (χ4n) is 4.90. The number of anilines is 1. The largest absolute Gasteiger partial charge is 0.388 e. The third-order valence-electron chi connectivity index (χ3n) is 6.94. The third-order valence-corrected chi connectivity index (χ3v) is 10.6. The number of ether oxygens (including phenoxy) is 1. The summed E-state index contributed by atoms with van der Waals surface area (Å²) in [5, 5.41) is 19.4. The zero-order valence-electron chi connectivity index (χ0n) is 20.0. The highest BCUT2D eigenvalue weighted by atomic mass is 35.5. The molecule has 1 aliphatic carbocycles. The summed E-state index contributed by atoms with van der Waals surface area (Å²) in [4.78, 5) is 32.2. The van der Waals surface area contributed by atoms with Crippen LogP contribution in [-0.2, 0) is 18.4 Å². The van der Waals surface area contributed by atoms with Gasteiger partial charge < -0.3 is 34.4 Å². The van der Waals surface area contributed by atoms with Crippen LogP contribution >= 0.6 is 26.8 Å². The Morgan fingerprint density at radius 2 is 2.03 bits per heavy atom. The molecule has 1 unspecified atom stereocenters. The Morgan fingerprint density at radius 1 is 1.32 bits per heavy atom. The number of halogens is 2. The predicted octanol–water partition coefficient (Wildman–Crippen LogP) is 3.77. The Hall–Kier alpha value is -1.92. The van der Waals surface area contributed by atoms with E-state index in [0.717, 1.165) is 0 Å². The number of fused-ring (bicyclic) bond motifs is 1. The SMILES string of the molecule is C[C@H](Nc1cc(Cl)nc2c1cnn2[C@@H]1O[C@H](COP(=O)(O)CP(=O)(O)O)C2(CC2)[C@H]1O)c1ccccc1F. The van der Waals surface area contributed by atoms with E-state index in [4.69, 9.17) is 30.6 Å². The lowest BCUT2D eigenvalue weighted by molar-refractivity contribution is -0.0532. The minimum atomic E-state index is -4.79. The van der Waals surface area contributed by atoms with Crippen LogP contribution in [0.15, 0.2) is 36.5 Å². The summed E-state index contributed by atoms with van der Waals surface area (Å²) in [6.45, 7) is 1.34. The van der Waals surface area contributed by atoms with Gasteiger partial charge in [-0.1, -0.05) is 29.8 Å². The quantitative estimate of drug-likeness (QED) is 0.181. The van der Waals surface area contributed by atoms with Crippen LogP contribution < -0.4 is 5.32 Å². The molecule has 2 aliphatic rings. The van der Waals surface area contributed by atoms with Crippen molar-refractivity contribution < 1.29 is 42.6 Å². The van der Waals surface area contributed by atoms with Crippen LogP contribution in [-0.4, -0.2) is 59.3 Å². The third kappa shape index (κ3) is 5.40. The maximum atomic E-state index is 14.3. The highest BCUT2D eigenvalue weighted by Crippen LogP contribution is 2.62. The molecule has 0 amide bonds. The second-order valence-electron chi connectivity index (χ2n) is 9.64. The molecule has 5 atom stereocenters.